The lowest BCUT2D eigenvalue weighted by Gasteiger charge is -2.23. The zero-order valence-corrected chi connectivity index (χ0v) is 9.19. The smallest absolute Gasteiger partial charge is 0.305 e. The molecule has 1 fully saturated rings. The molecule has 1 unspecified atom stereocenters. The number of carbonyl (C=O) groups excluding carboxylic acids is 1. The Hall–Kier alpha value is -1.99. The van der Waals surface area contributed by atoms with E-state index in [0.717, 1.165) is 12.8 Å². The topological polar surface area (TPSA) is 101 Å². The van der Waals surface area contributed by atoms with Gasteiger partial charge in [0.05, 0.1) is 6.42 Å². The molecule has 1 N–H and O–H groups in total. The van der Waals surface area contributed by atoms with Crippen LogP contribution in [0.5, 0.6) is 0 Å². The second kappa shape index (κ2) is 4.89. The minimum atomic E-state index is -0.878. The van der Waals surface area contributed by atoms with E-state index < -0.39 is 5.97 Å². The molecular formula is C9H13N5O3. The fourth-order valence-corrected chi connectivity index (χ4v) is 2.06. The third kappa shape index (κ3) is 2.77. The number of carboxylic acid groups (broad SMARTS) is 1. The normalized spacial score (nSPS) is 19.5. The first kappa shape index (κ1) is 11.5. The number of likely N-dealkylation sites (tertiary alicyclic amines) is 1. The molecule has 92 valence electrons. The first-order valence-electron chi connectivity index (χ1n) is 5.39. The molecule has 0 radical (unpaired) electrons. The number of carboxylic acids is 1. The highest BCUT2D eigenvalue weighted by Crippen LogP contribution is 2.20. The third-order valence-electron chi connectivity index (χ3n) is 2.80. The van der Waals surface area contributed by atoms with E-state index in [9.17, 15) is 9.59 Å². The van der Waals surface area contributed by atoms with Crippen molar-refractivity contribution in [1.82, 2.24) is 25.1 Å². The highest BCUT2D eigenvalue weighted by Gasteiger charge is 2.30. The van der Waals surface area contributed by atoms with E-state index in [1.54, 1.807) is 4.90 Å². The molecular weight excluding hydrogens is 226 g/mol. The molecule has 1 aliphatic rings. The standard InChI is InChI=1S/C9H13N5O3/c15-8(5-13-6-10-11-12-13)14-3-1-2-7(14)4-9(16)17/h6-7H,1-5H2,(H,16,17). The molecule has 0 aliphatic carbocycles. The van der Waals surface area contributed by atoms with Crippen LogP contribution in [0.2, 0.25) is 0 Å². The van der Waals surface area contributed by atoms with Gasteiger partial charge in [-0.25, -0.2) is 4.68 Å². The second-order valence-electron chi connectivity index (χ2n) is 3.99. The molecule has 1 aromatic heterocycles. The summed E-state index contributed by atoms with van der Waals surface area (Å²) < 4.78 is 1.33. The Bertz CT molecular complexity index is 405. The lowest BCUT2D eigenvalue weighted by molar-refractivity contribution is -0.140. The Kier molecular flexibility index (Phi) is 3.31. The lowest BCUT2D eigenvalue weighted by Crippen LogP contribution is -2.39. The maximum atomic E-state index is 11.9. The number of carbonyl (C=O) groups is 2. The molecule has 17 heavy (non-hydrogen) atoms. The van der Waals surface area contributed by atoms with Crippen molar-refractivity contribution in [3.05, 3.63) is 6.33 Å². The Morgan fingerprint density at radius 1 is 1.47 bits per heavy atom. The molecule has 1 amide bonds. The molecule has 0 aromatic carbocycles. The van der Waals surface area contributed by atoms with Crippen LogP contribution in [0.4, 0.5) is 0 Å². The van der Waals surface area contributed by atoms with Gasteiger partial charge in [-0.05, 0) is 23.3 Å². The Labute approximate surface area is 97.2 Å². The van der Waals surface area contributed by atoms with Gasteiger partial charge in [0.25, 0.3) is 0 Å². The molecule has 0 bridgehead atoms. The van der Waals surface area contributed by atoms with Crippen LogP contribution in [-0.2, 0) is 16.1 Å². The van der Waals surface area contributed by atoms with Crippen LogP contribution in [0.3, 0.4) is 0 Å². The maximum absolute atomic E-state index is 11.9. The minimum Gasteiger partial charge on any atom is -0.481 e. The van der Waals surface area contributed by atoms with Crippen LogP contribution in [-0.4, -0.2) is 54.7 Å². The van der Waals surface area contributed by atoms with Crippen molar-refractivity contribution < 1.29 is 14.7 Å². The number of rotatable bonds is 4. The Balaban J connectivity index is 1.96. The van der Waals surface area contributed by atoms with Gasteiger partial charge < -0.3 is 10.0 Å². The van der Waals surface area contributed by atoms with Crippen LogP contribution in [0, 0.1) is 0 Å². The summed E-state index contributed by atoms with van der Waals surface area (Å²) in [4.78, 5) is 24.2. The van der Waals surface area contributed by atoms with Gasteiger partial charge in [0.2, 0.25) is 5.91 Å². The summed E-state index contributed by atoms with van der Waals surface area (Å²) in [5.41, 5.74) is 0. The molecule has 1 aliphatic heterocycles. The van der Waals surface area contributed by atoms with Gasteiger partial charge in [0, 0.05) is 12.6 Å². The van der Waals surface area contributed by atoms with Gasteiger partial charge in [-0.3, -0.25) is 9.59 Å². The maximum Gasteiger partial charge on any atom is 0.305 e. The number of aromatic nitrogens is 4. The first-order valence-corrected chi connectivity index (χ1v) is 5.39. The van der Waals surface area contributed by atoms with Crippen molar-refractivity contribution in [1.29, 1.82) is 0 Å². The van der Waals surface area contributed by atoms with E-state index >= 15 is 0 Å². The molecule has 2 heterocycles. The largest absolute Gasteiger partial charge is 0.481 e. The van der Waals surface area contributed by atoms with Gasteiger partial charge in [-0.2, -0.15) is 0 Å². The molecule has 1 saturated heterocycles. The molecule has 0 spiro atoms. The summed E-state index contributed by atoms with van der Waals surface area (Å²) in [5, 5.41) is 19.2. The Morgan fingerprint density at radius 2 is 2.29 bits per heavy atom. The first-order chi connectivity index (χ1) is 8.16. The fourth-order valence-electron chi connectivity index (χ4n) is 2.06. The number of tetrazole rings is 1. The van der Waals surface area contributed by atoms with Crippen LogP contribution in [0.1, 0.15) is 19.3 Å². The fraction of sp³-hybridized carbons (Fsp3) is 0.667. The van der Waals surface area contributed by atoms with Gasteiger partial charge >= 0.3 is 5.97 Å². The van der Waals surface area contributed by atoms with E-state index in [-0.39, 0.29) is 24.9 Å². The summed E-state index contributed by atoms with van der Waals surface area (Å²) in [6.07, 6.45) is 2.95. The van der Waals surface area contributed by atoms with E-state index in [2.05, 4.69) is 15.5 Å². The van der Waals surface area contributed by atoms with Crippen LogP contribution < -0.4 is 0 Å². The van der Waals surface area contributed by atoms with E-state index in [1.807, 2.05) is 0 Å². The molecule has 2 rings (SSSR count). The highest BCUT2D eigenvalue weighted by molar-refractivity contribution is 5.77. The Morgan fingerprint density at radius 3 is 2.94 bits per heavy atom. The number of hydrogen-bond acceptors (Lipinski definition) is 5. The summed E-state index contributed by atoms with van der Waals surface area (Å²) >= 11 is 0. The monoisotopic (exact) mass is 239 g/mol. The third-order valence-corrected chi connectivity index (χ3v) is 2.80. The summed E-state index contributed by atoms with van der Waals surface area (Å²) in [7, 11) is 0. The van der Waals surface area contributed by atoms with E-state index in [1.165, 1.54) is 11.0 Å². The number of aliphatic carboxylic acids is 1. The zero-order chi connectivity index (χ0) is 12.3. The van der Waals surface area contributed by atoms with Crippen molar-refractivity contribution in [2.45, 2.75) is 31.8 Å². The average molecular weight is 239 g/mol. The van der Waals surface area contributed by atoms with Crippen molar-refractivity contribution in [3.8, 4) is 0 Å². The molecule has 1 aromatic rings. The van der Waals surface area contributed by atoms with E-state index in [4.69, 9.17) is 5.11 Å². The van der Waals surface area contributed by atoms with Gasteiger partial charge in [0.15, 0.2) is 0 Å². The van der Waals surface area contributed by atoms with Crippen LogP contribution in [0.15, 0.2) is 6.33 Å². The number of amides is 1. The quantitative estimate of drug-likeness (QED) is 0.733. The van der Waals surface area contributed by atoms with Crippen molar-refractivity contribution in [2.24, 2.45) is 0 Å². The SMILES string of the molecule is O=C(O)CC1CCCN1C(=O)Cn1cnnn1. The van der Waals surface area contributed by atoms with E-state index in [0.29, 0.717) is 6.54 Å². The molecule has 8 nitrogen and oxygen atoms in total. The predicted molar refractivity (Wildman–Crippen MR) is 54.8 cm³/mol. The zero-order valence-electron chi connectivity index (χ0n) is 9.19. The van der Waals surface area contributed by atoms with Gasteiger partial charge in [-0.15, -0.1) is 5.10 Å². The van der Waals surface area contributed by atoms with Crippen molar-refractivity contribution in [3.63, 3.8) is 0 Å². The van der Waals surface area contributed by atoms with Crippen LogP contribution >= 0.6 is 0 Å². The highest BCUT2D eigenvalue weighted by atomic mass is 16.4. The molecule has 1 atom stereocenters. The van der Waals surface area contributed by atoms with Crippen molar-refractivity contribution in [2.75, 3.05) is 6.54 Å². The minimum absolute atomic E-state index is 0.00134. The van der Waals surface area contributed by atoms with Gasteiger partial charge in [-0.1, -0.05) is 0 Å². The predicted octanol–water partition coefficient (Wildman–Crippen LogP) is -0.861. The summed E-state index contributed by atoms with van der Waals surface area (Å²) in [5.74, 6) is -1.02. The summed E-state index contributed by atoms with van der Waals surface area (Å²) in [6.45, 7) is 0.669. The number of nitrogens with zero attached hydrogens (tertiary/aromatic N) is 5. The molecule has 8 heteroatoms. The summed E-state index contributed by atoms with van der Waals surface area (Å²) in [6, 6.07) is -0.198. The average Bonchev–Trinajstić information content (AvgIpc) is 2.87. The molecule has 0 saturated carbocycles. The van der Waals surface area contributed by atoms with Crippen LogP contribution in [0.25, 0.3) is 0 Å². The lowest BCUT2D eigenvalue weighted by atomic mass is 10.1. The van der Waals surface area contributed by atoms with Crippen molar-refractivity contribution >= 4 is 11.9 Å². The van der Waals surface area contributed by atoms with Gasteiger partial charge in [0.1, 0.15) is 12.9 Å². The second-order valence-corrected chi connectivity index (χ2v) is 3.99. The number of hydrogen-bond donors (Lipinski definition) is 1.